The molecule has 112 valence electrons. The molecule has 0 atom stereocenters. The first-order valence-corrected chi connectivity index (χ1v) is 7.25. The Bertz CT molecular complexity index is 882. The predicted octanol–water partition coefficient (Wildman–Crippen LogP) is 3.40. The van der Waals surface area contributed by atoms with Gasteiger partial charge in [0, 0.05) is 11.9 Å². The quantitative estimate of drug-likeness (QED) is 0.606. The lowest BCUT2D eigenvalue weighted by Gasteiger charge is -2.10. The molecule has 0 aliphatic carbocycles. The van der Waals surface area contributed by atoms with E-state index in [1.807, 2.05) is 66.7 Å². The number of hydrogen-bond donors (Lipinski definition) is 2. The Labute approximate surface area is 132 Å². The summed E-state index contributed by atoms with van der Waals surface area (Å²) < 4.78 is 1.78. The molecule has 6 nitrogen and oxygen atoms in total. The zero-order valence-electron chi connectivity index (χ0n) is 12.2. The highest BCUT2D eigenvalue weighted by Gasteiger charge is 2.17. The largest absolute Gasteiger partial charge is 0.338 e. The number of hydrogen-bond acceptors (Lipinski definition) is 4. The third-order valence-corrected chi connectivity index (χ3v) is 3.46. The highest BCUT2D eigenvalue weighted by molar-refractivity contribution is 5.74. The number of H-pyrrole nitrogens is 1. The van der Waals surface area contributed by atoms with Crippen molar-refractivity contribution in [3.8, 4) is 17.1 Å². The van der Waals surface area contributed by atoms with Crippen LogP contribution in [0.2, 0.25) is 0 Å². The van der Waals surface area contributed by atoms with Crippen molar-refractivity contribution in [1.29, 1.82) is 0 Å². The molecule has 2 heterocycles. The highest BCUT2D eigenvalue weighted by atomic mass is 15.5. The molecule has 2 aromatic heterocycles. The Hall–Kier alpha value is -3.41. The van der Waals surface area contributed by atoms with Crippen LogP contribution in [0.15, 0.2) is 72.9 Å². The minimum Gasteiger partial charge on any atom is -0.338 e. The first-order chi connectivity index (χ1) is 11.4. The van der Waals surface area contributed by atoms with Gasteiger partial charge in [0.05, 0.1) is 11.4 Å². The summed E-state index contributed by atoms with van der Waals surface area (Å²) in [5, 5.41) is 18.9. The van der Waals surface area contributed by atoms with Gasteiger partial charge in [-0.2, -0.15) is 9.78 Å². The molecular weight excluding hydrogens is 288 g/mol. The SMILES string of the molecule is c1ccc(Nc2c(-c3ccn[nH]3)nnn2-c2ccccc2)cc1. The van der Waals surface area contributed by atoms with Crippen molar-refractivity contribution in [2.24, 2.45) is 0 Å². The number of aromatic amines is 1. The van der Waals surface area contributed by atoms with E-state index in [1.54, 1.807) is 10.9 Å². The van der Waals surface area contributed by atoms with E-state index >= 15 is 0 Å². The molecule has 0 saturated carbocycles. The lowest BCUT2D eigenvalue weighted by Crippen LogP contribution is -2.03. The van der Waals surface area contributed by atoms with Gasteiger partial charge in [-0.25, -0.2) is 0 Å². The zero-order chi connectivity index (χ0) is 15.5. The summed E-state index contributed by atoms with van der Waals surface area (Å²) >= 11 is 0. The smallest absolute Gasteiger partial charge is 0.164 e. The number of para-hydroxylation sites is 2. The molecule has 0 bridgehead atoms. The number of benzene rings is 2. The molecule has 0 spiro atoms. The van der Waals surface area contributed by atoms with Crippen LogP contribution in [0.1, 0.15) is 0 Å². The van der Waals surface area contributed by atoms with E-state index in [4.69, 9.17) is 0 Å². The summed E-state index contributed by atoms with van der Waals surface area (Å²) in [4.78, 5) is 0. The van der Waals surface area contributed by atoms with E-state index in [-0.39, 0.29) is 0 Å². The van der Waals surface area contributed by atoms with Crippen LogP contribution in [-0.4, -0.2) is 25.2 Å². The minimum atomic E-state index is 0.718. The van der Waals surface area contributed by atoms with Gasteiger partial charge in [0.1, 0.15) is 0 Å². The van der Waals surface area contributed by atoms with Crippen molar-refractivity contribution >= 4 is 11.5 Å². The number of aromatic nitrogens is 5. The highest BCUT2D eigenvalue weighted by Crippen LogP contribution is 2.28. The van der Waals surface area contributed by atoms with Gasteiger partial charge in [-0.3, -0.25) is 5.10 Å². The Morgan fingerprint density at radius 3 is 2.30 bits per heavy atom. The third-order valence-electron chi connectivity index (χ3n) is 3.46. The fourth-order valence-electron chi connectivity index (χ4n) is 2.37. The van der Waals surface area contributed by atoms with Gasteiger partial charge >= 0.3 is 0 Å². The van der Waals surface area contributed by atoms with Crippen molar-refractivity contribution in [3.63, 3.8) is 0 Å². The maximum absolute atomic E-state index is 4.31. The fraction of sp³-hybridized carbons (Fsp3) is 0. The van der Waals surface area contributed by atoms with Crippen molar-refractivity contribution in [2.75, 3.05) is 5.32 Å². The Kier molecular flexibility index (Phi) is 3.32. The Morgan fingerprint density at radius 1 is 0.870 bits per heavy atom. The summed E-state index contributed by atoms with van der Waals surface area (Å²) in [7, 11) is 0. The number of anilines is 2. The molecule has 6 heteroatoms. The van der Waals surface area contributed by atoms with Crippen LogP contribution in [0.3, 0.4) is 0 Å². The molecule has 0 amide bonds. The van der Waals surface area contributed by atoms with E-state index < -0.39 is 0 Å². The fourth-order valence-corrected chi connectivity index (χ4v) is 2.37. The van der Waals surface area contributed by atoms with Gasteiger partial charge < -0.3 is 5.32 Å². The normalized spacial score (nSPS) is 10.6. The van der Waals surface area contributed by atoms with E-state index in [9.17, 15) is 0 Å². The lowest BCUT2D eigenvalue weighted by molar-refractivity contribution is 0.808. The Morgan fingerprint density at radius 2 is 1.61 bits per heavy atom. The average Bonchev–Trinajstić information content (AvgIpc) is 3.26. The second kappa shape index (κ2) is 5.76. The lowest BCUT2D eigenvalue weighted by atomic mass is 10.2. The predicted molar refractivity (Wildman–Crippen MR) is 88.7 cm³/mol. The first-order valence-electron chi connectivity index (χ1n) is 7.25. The Balaban J connectivity index is 1.84. The van der Waals surface area contributed by atoms with Crippen LogP contribution >= 0.6 is 0 Å². The average molecular weight is 302 g/mol. The van der Waals surface area contributed by atoms with Crippen LogP contribution in [0.4, 0.5) is 11.5 Å². The zero-order valence-corrected chi connectivity index (χ0v) is 12.2. The van der Waals surface area contributed by atoms with E-state index in [0.29, 0.717) is 0 Å². The molecule has 0 radical (unpaired) electrons. The van der Waals surface area contributed by atoms with Gasteiger partial charge in [-0.1, -0.05) is 41.6 Å². The molecule has 0 aliphatic heterocycles. The molecule has 2 N–H and O–H groups in total. The summed E-state index contributed by atoms with van der Waals surface area (Å²) in [6, 6.07) is 21.7. The summed E-state index contributed by atoms with van der Waals surface area (Å²) in [5.41, 5.74) is 3.43. The van der Waals surface area contributed by atoms with Gasteiger partial charge in [0.25, 0.3) is 0 Å². The number of nitrogens with one attached hydrogen (secondary N) is 2. The van der Waals surface area contributed by atoms with Crippen LogP contribution in [0, 0.1) is 0 Å². The van der Waals surface area contributed by atoms with Crippen molar-refractivity contribution < 1.29 is 0 Å². The van der Waals surface area contributed by atoms with E-state index in [1.165, 1.54) is 0 Å². The molecule has 0 aliphatic rings. The minimum absolute atomic E-state index is 0.718. The van der Waals surface area contributed by atoms with Crippen LogP contribution in [-0.2, 0) is 0 Å². The molecular formula is C17H14N6. The van der Waals surface area contributed by atoms with Crippen LogP contribution < -0.4 is 5.32 Å². The molecule has 0 fully saturated rings. The summed E-state index contributed by atoms with van der Waals surface area (Å²) in [6.07, 6.45) is 1.70. The van der Waals surface area contributed by atoms with Crippen LogP contribution in [0.5, 0.6) is 0 Å². The summed E-state index contributed by atoms with van der Waals surface area (Å²) in [5.74, 6) is 0.784. The van der Waals surface area contributed by atoms with Crippen LogP contribution in [0.25, 0.3) is 17.1 Å². The van der Waals surface area contributed by atoms with Crippen molar-refractivity contribution in [3.05, 3.63) is 72.9 Å². The molecule has 4 aromatic rings. The monoisotopic (exact) mass is 302 g/mol. The van der Waals surface area contributed by atoms with Gasteiger partial charge in [0.2, 0.25) is 0 Å². The maximum atomic E-state index is 4.31. The van der Waals surface area contributed by atoms with Crippen molar-refractivity contribution in [2.45, 2.75) is 0 Å². The third kappa shape index (κ3) is 2.57. The molecule has 0 saturated heterocycles. The molecule has 2 aromatic carbocycles. The van der Waals surface area contributed by atoms with Gasteiger partial charge in [0.15, 0.2) is 11.5 Å². The van der Waals surface area contributed by atoms with Crippen molar-refractivity contribution in [1.82, 2.24) is 25.2 Å². The maximum Gasteiger partial charge on any atom is 0.164 e. The topological polar surface area (TPSA) is 71.4 Å². The number of rotatable bonds is 4. The molecule has 4 rings (SSSR count). The van der Waals surface area contributed by atoms with Gasteiger partial charge in [-0.15, -0.1) is 5.10 Å². The number of nitrogens with zero attached hydrogens (tertiary/aromatic N) is 4. The van der Waals surface area contributed by atoms with Gasteiger partial charge in [-0.05, 0) is 30.3 Å². The second-order valence-corrected chi connectivity index (χ2v) is 5.00. The summed E-state index contributed by atoms with van der Waals surface area (Å²) in [6.45, 7) is 0. The first kappa shape index (κ1) is 13.3. The molecule has 0 unspecified atom stereocenters. The second-order valence-electron chi connectivity index (χ2n) is 5.00. The van der Waals surface area contributed by atoms with E-state index in [2.05, 4.69) is 25.8 Å². The standard InChI is InChI=1S/C17H14N6/c1-3-7-13(8-4-1)19-17-16(15-11-12-18-20-15)21-22-23(17)14-9-5-2-6-10-14/h1-12,19H,(H,18,20). The molecule has 23 heavy (non-hydrogen) atoms. The van der Waals surface area contributed by atoms with E-state index in [0.717, 1.165) is 28.6 Å².